The molecule has 3 rings (SSSR count). The zero-order valence-electron chi connectivity index (χ0n) is 25.9. The summed E-state index contributed by atoms with van der Waals surface area (Å²) in [6.45, 7) is 10.9. The first kappa shape index (κ1) is 34.4. The Morgan fingerprint density at radius 1 is 0.841 bits per heavy atom. The van der Waals surface area contributed by atoms with Gasteiger partial charge in [0.15, 0.2) is 5.69 Å². The number of nitrogens with zero attached hydrogens (tertiary/aromatic N) is 4. The monoisotopic (exact) mass is 638 g/mol. The molecule has 0 atom stereocenters. The Balaban J connectivity index is 1.98. The summed E-state index contributed by atoms with van der Waals surface area (Å²) >= 11 is 0. The number of hydrogen-bond acceptors (Lipinski definition) is 7. The van der Waals surface area contributed by atoms with Crippen molar-refractivity contribution in [3.05, 3.63) is 65.9 Å². The standard InChI is InChI=1S/C30H37F3N4O6S/c1-20-9-11-21(12-10-20)24-19-25(30(31,32)33)34-37(24)22-13-15-23(16-14-22)44(40,41)36(27(39)43-29(5,6)7)18-17-35(8)26(38)42-28(2,3)4/h9-16,19H,17-18H2,1-8H3. The maximum atomic E-state index is 13.7. The Kier molecular flexibility index (Phi) is 9.78. The van der Waals surface area contributed by atoms with E-state index in [2.05, 4.69) is 5.10 Å². The summed E-state index contributed by atoms with van der Waals surface area (Å²) in [6.07, 6.45) is -6.60. The zero-order valence-corrected chi connectivity index (χ0v) is 26.7. The fourth-order valence-electron chi connectivity index (χ4n) is 3.83. The molecule has 44 heavy (non-hydrogen) atoms. The molecule has 14 heteroatoms. The van der Waals surface area contributed by atoms with Crippen LogP contribution in [0.5, 0.6) is 0 Å². The third-order valence-corrected chi connectivity index (χ3v) is 7.74. The van der Waals surface area contributed by atoms with E-state index in [0.29, 0.717) is 9.87 Å². The number of rotatable bonds is 7. The van der Waals surface area contributed by atoms with Gasteiger partial charge < -0.3 is 14.4 Å². The first-order valence-electron chi connectivity index (χ1n) is 13.6. The van der Waals surface area contributed by atoms with E-state index >= 15 is 0 Å². The highest BCUT2D eigenvalue weighted by Gasteiger charge is 2.36. The van der Waals surface area contributed by atoms with Gasteiger partial charge in [0.25, 0.3) is 10.0 Å². The molecule has 2 aromatic carbocycles. The van der Waals surface area contributed by atoms with Gasteiger partial charge in [0.1, 0.15) is 11.2 Å². The van der Waals surface area contributed by atoms with Crippen LogP contribution in [0.25, 0.3) is 16.9 Å². The second kappa shape index (κ2) is 12.5. The molecule has 1 heterocycles. The van der Waals surface area contributed by atoms with Crippen molar-refractivity contribution in [3.8, 4) is 16.9 Å². The molecule has 1 aromatic heterocycles. The van der Waals surface area contributed by atoms with Gasteiger partial charge in [-0.3, -0.25) is 0 Å². The fourth-order valence-corrected chi connectivity index (χ4v) is 5.12. The molecule has 0 unspecified atom stereocenters. The van der Waals surface area contributed by atoms with Gasteiger partial charge in [-0.2, -0.15) is 22.6 Å². The maximum Gasteiger partial charge on any atom is 0.435 e. The van der Waals surface area contributed by atoms with Crippen LogP contribution in [0.15, 0.2) is 59.5 Å². The number of halogens is 3. The topological polar surface area (TPSA) is 111 Å². The second-order valence-corrected chi connectivity index (χ2v) is 14.0. The molecule has 0 saturated carbocycles. The van der Waals surface area contributed by atoms with Crippen molar-refractivity contribution in [2.75, 3.05) is 20.1 Å². The van der Waals surface area contributed by atoms with Gasteiger partial charge in [0.2, 0.25) is 0 Å². The molecule has 0 radical (unpaired) electrons. The van der Waals surface area contributed by atoms with Gasteiger partial charge in [-0.05, 0) is 78.8 Å². The molecule has 0 saturated heterocycles. The smallest absolute Gasteiger partial charge is 0.435 e. The van der Waals surface area contributed by atoms with E-state index in [1.807, 2.05) is 6.92 Å². The van der Waals surface area contributed by atoms with Crippen molar-refractivity contribution in [1.29, 1.82) is 0 Å². The number of sulfonamides is 1. The Labute approximate surface area is 255 Å². The molecule has 0 aliphatic rings. The molecular formula is C30H37F3N4O6S. The van der Waals surface area contributed by atoms with Gasteiger partial charge in [-0.1, -0.05) is 29.8 Å². The number of hydrogen-bond donors (Lipinski definition) is 0. The Morgan fingerprint density at radius 2 is 1.36 bits per heavy atom. The van der Waals surface area contributed by atoms with Crippen LogP contribution < -0.4 is 0 Å². The lowest BCUT2D eigenvalue weighted by Gasteiger charge is -2.29. The minimum absolute atomic E-state index is 0.147. The zero-order chi connectivity index (χ0) is 33.3. The summed E-state index contributed by atoms with van der Waals surface area (Å²) < 4.78 is 80.4. The van der Waals surface area contributed by atoms with Crippen LogP contribution >= 0.6 is 0 Å². The fraction of sp³-hybridized carbons (Fsp3) is 0.433. The summed E-state index contributed by atoms with van der Waals surface area (Å²) in [4.78, 5) is 26.3. The lowest BCUT2D eigenvalue weighted by molar-refractivity contribution is -0.141. The molecular weight excluding hydrogens is 601 g/mol. The van der Waals surface area contributed by atoms with Crippen molar-refractivity contribution < 1.29 is 40.7 Å². The van der Waals surface area contributed by atoms with Crippen molar-refractivity contribution in [2.24, 2.45) is 0 Å². The number of amides is 2. The quantitative estimate of drug-likeness (QED) is 0.285. The summed E-state index contributed by atoms with van der Waals surface area (Å²) in [7, 11) is -3.15. The normalized spacial score (nSPS) is 12.5. The van der Waals surface area contributed by atoms with Gasteiger partial charge in [-0.25, -0.2) is 22.7 Å². The van der Waals surface area contributed by atoms with Crippen LogP contribution in [0.2, 0.25) is 0 Å². The first-order chi connectivity index (χ1) is 20.1. The van der Waals surface area contributed by atoms with Crippen LogP contribution in [0.1, 0.15) is 52.8 Å². The molecule has 0 N–H and O–H groups in total. The van der Waals surface area contributed by atoms with Crippen molar-refractivity contribution >= 4 is 22.2 Å². The highest BCUT2D eigenvalue weighted by molar-refractivity contribution is 7.89. The average Bonchev–Trinajstić information content (AvgIpc) is 3.33. The van der Waals surface area contributed by atoms with Crippen molar-refractivity contribution in [1.82, 2.24) is 19.0 Å². The lowest BCUT2D eigenvalue weighted by Crippen LogP contribution is -2.45. The Hall–Kier alpha value is -4.07. The van der Waals surface area contributed by atoms with E-state index in [9.17, 15) is 31.2 Å². The van der Waals surface area contributed by atoms with Crippen LogP contribution in [0, 0.1) is 6.92 Å². The minimum Gasteiger partial charge on any atom is -0.444 e. The average molecular weight is 639 g/mol. The molecule has 0 spiro atoms. The number of ether oxygens (including phenoxy) is 2. The number of carbonyl (C=O) groups is 2. The molecule has 0 fully saturated rings. The maximum absolute atomic E-state index is 13.7. The van der Waals surface area contributed by atoms with E-state index in [1.165, 1.54) is 19.2 Å². The number of benzene rings is 2. The number of aromatic nitrogens is 2. The minimum atomic E-state index is -4.71. The second-order valence-electron chi connectivity index (χ2n) is 12.1. The Morgan fingerprint density at radius 3 is 1.86 bits per heavy atom. The third kappa shape index (κ3) is 8.74. The highest BCUT2D eigenvalue weighted by Crippen LogP contribution is 2.33. The molecule has 10 nitrogen and oxygen atoms in total. The van der Waals surface area contributed by atoms with Crippen molar-refractivity contribution in [3.63, 3.8) is 0 Å². The van der Waals surface area contributed by atoms with Crippen LogP contribution in [-0.4, -0.2) is 70.9 Å². The first-order valence-corrected chi connectivity index (χ1v) is 15.1. The summed E-state index contributed by atoms with van der Waals surface area (Å²) in [5.41, 5.74) is -1.25. The third-order valence-electron chi connectivity index (χ3n) is 5.96. The van der Waals surface area contributed by atoms with Crippen LogP contribution in [-0.2, 0) is 25.7 Å². The highest BCUT2D eigenvalue weighted by atomic mass is 32.2. The number of likely N-dealkylation sites (N-methyl/N-ethyl adjacent to an activating group) is 1. The molecule has 0 aliphatic carbocycles. The molecule has 0 aliphatic heterocycles. The van der Waals surface area contributed by atoms with E-state index in [-0.39, 0.29) is 22.8 Å². The lowest BCUT2D eigenvalue weighted by atomic mass is 10.1. The van der Waals surface area contributed by atoms with Gasteiger partial charge >= 0.3 is 18.4 Å². The van der Waals surface area contributed by atoms with Crippen molar-refractivity contribution in [2.45, 2.75) is 70.7 Å². The van der Waals surface area contributed by atoms with Gasteiger partial charge in [0.05, 0.1) is 22.8 Å². The Bertz CT molecular complexity index is 1590. The number of carbonyl (C=O) groups excluding carboxylic acids is 2. The van der Waals surface area contributed by atoms with Crippen LogP contribution in [0.3, 0.4) is 0 Å². The van der Waals surface area contributed by atoms with Gasteiger partial charge in [0, 0.05) is 19.2 Å². The van der Waals surface area contributed by atoms with Gasteiger partial charge in [-0.15, -0.1) is 0 Å². The molecule has 240 valence electrons. The molecule has 0 bridgehead atoms. The van der Waals surface area contributed by atoms with E-state index in [0.717, 1.165) is 33.3 Å². The molecule has 2 amide bonds. The predicted molar refractivity (Wildman–Crippen MR) is 158 cm³/mol. The van der Waals surface area contributed by atoms with E-state index in [4.69, 9.17) is 9.47 Å². The van der Waals surface area contributed by atoms with E-state index < -0.39 is 51.8 Å². The summed E-state index contributed by atoms with van der Waals surface area (Å²) in [6, 6.07) is 12.6. The predicted octanol–water partition coefficient (Wildman–Crippen LogP) is 6.66. The van der Waals surface area contributed by atoms with Crippen LogP contribution in [0.4, 0.5) is 22.8 Å². The number of aryl methyl sites for hydroxylation is 1. The summed E-state index contributed by atoms with van der Waals surface area (Å²) in [5.74, 6) is 0. The SMILES string of the molecule is Cc1ccc(-c2cc(C(F)(F)F)nn2-c2ccc(S(=O)(=O)N(CCN(C)C(=O)OC(C)(C)C)C(=O)OC(C)(C)C)cc2)cc1. The van der Waals surface area contributed by atoms with E-state index in [1.54, 1.807) is 65.8 Å². The largest absolute Gasteiger partial charge is 0.444 e. The summed E-state index contributed by atoms with van der Waals surface area (Å²) in [5, 5.41) is 3.74. The molecule has 3 aromatic rings. The number of alkyl halides is 3.